The topological polar surface area (TPSA) is 21.3 Å². The van der Waals surface area contributed by atoms with Crippen molar-refractivity contribution < 1.29 is 4.74 Å². The van der Waals surface area contributed by atoms with Gasteiger partial charge in [0.2, 0.25) is 0 Å². The van der Waals surface area contributed by atoms with Crippen molar-refractivity contribution in [3.63, 3.8) is 0 Å². The molecule has 25 heavy (non-hydrogen) atoms. The summed E-state index contributed by atoms with van der Waals surface area (Å²) in [4.78, 5) is 0.756. The van der Waals surface area contributed by atoms with E-state index < -0.39 is 0 Å². The van der Waals surface area contributed by atoms with E-state index in [2.05, 4.69) is 5.32 Å². The Bertz CT molecular complexity index is 923. The predicted octanol–water partition coefficient (Wildman–Crippen LogP) is 6.17. The molecule has 126 valence electrons. The van der Waals surface area contributed by atoms with Crippen LogP contribution in [0.2, 0.25) is 5.02 Å². The molecular formula is C21H18ClNOS. The van der Waals surface area contributed by atoms with E-state index in [1.807, 2.05) is 73.7 Å². The summed E-state index contributed by atoms with van der Waals surface area (Å²) in [6.45, 7) is 2.05. The molecule has 0 aliphatic rings. The lowest BCUT2D eigenvalue weighted by Gasteiger charge is -2.13. The fraction of sp³-hybridized carbons (Fsp3) is 0.0952. The van der Waals surface area contributed by atoms with Crippen molar-refractivity contribution in [2.24, 2.45) is 0 Å². The zero-order chi connectivity index (χ0) is 17.8. The number of nitrogens with one attached hydrogen (secondary N) is 1. The van der Waals surface area contributed by atoms with Gasteiger partial charge in [0, 0.05) is 11.3 Å². The van der Waals surface area contributed by atoms with Crippen molar-refractivity contribution in [1.29, 1.82) is 0 Å². The van der Waals surface area contributed by atoms with Gasteiger partial charge in [-0.1, -0.05) is 60.2 Å². The summed E-state index contributed by atoms with van der Waals surface area (Å²) >= 11 is 12.2. The highest BCUT2D eigenvalue weighted by Crippen LogP contribution is 2.30. The molecule has 0 atom stereocenters. The van der Waals surface area contributed by atoms with Gasteiger partial charge in [-0.2, -0.15) is 0 Å². The molecule has 0 aliphatic heterocycles. The Labute approximate surface area is 158 Å². The molecule has 0 spiro atoms. The molecule has 3 aromatic carbocycles. The minimum Gasteiger partial charge on any atom is -0.495 e. The number of hydrogen-bond acceptors (Lipinski definition) is 3. The number of halogens is 1. The van der Waals surface area contributed by atoms with E-state index in [1.165, 1.54) is 0 Å². The molecule has 1 N–H and O–H groups in total. The van der Waals surface area contributed by atoms with Crippen LogP contribution in [0, 0.1) is 6.92 Å². The van der Waals surface area contributed by atoms with Crippen molar-refractivity contribution in [3.05, 3.63) is 88.4 Å². The van der Waals surface area contributed by atoms with Crippen LogP contribution in [0.3, 0.4) is 0 Å². The largest absolute Gasteiger partial charge is 0.495 e. The number of anilines is 2. The van der Waals surface area contributed by atoms with Crippen LogP contribution in [0.5, 0.6) is 5.75 Å². The number of ether oxygens (including phenoxy) is 1. The average molecular weight is 368 g/mol. The highest BCUT2D eigenvalue weighted by Gasteiger charge is 2.12. The Morgan fingerprint density at radius 3 is 2.40 bits per heavy atom. The Hall–Kier alpha value is -2.36. The molecule has 0 aliphatic carbocycles. The molecule has 0 saturated carbocycles. The van der Waals surface area contributed by atoms with Gasteiger partial charge in [0.05, 0.1) is 22.7 Å². The van der Waals surface area contributed by atoms with Crippen LogP contribution < -0.4 is 10.1 Å². The third kappa shape index (κ3) is 3.84. The summed E-state index contributed by atoms with van der Waals surface area (Å²) in [6, 6.07) is 21.6. The summed E-state index contributed by atoms with van der Waals surface area (Å²) < 4.78 is 5.36. The molecule has 4 heteroatoms. The van der Waals surface area contributed by atoms with Gasteiger partial charge in [-0.3, -0.25) is 0 Å². The lowest BCUT2D eigenvalue weighted by molar-refractivity contribution is 0.417. The molecule has 0 saturated heterocycles. The summed E-state index contributed by atoms with van der Waals surface area (Å²) in [5, 5.41) is 3.95. The Kier molecular flexibility index (Phi) is 5.37. The van der Waals surface area contributed by atoms with Gasteiger partial charge in [-0.25, -0.2) is 0 Å². The number of benzene rings is 3. The standard InChI is InChI=1S/C21H18ClNOS/c1-14-7-3-4-8-16(14)21(25)17-12-11-15(13-18(17)22)23-19-9-5-6-10-20(19)24-2/h3-13,23H,1-2H3. The summed E-state index contributed by atoms with van der Waals surface area (Å²) in [7, 11) is 1.65. The van der Waals surface area contributed by atoms with Gasteiger partial charge in [0.1, 0.15) is 5.75 Å². The maximum absolute atomic E-state index is 6.51. The first-order valence-electron chi connectivity index (χ1n) is 7.90. The van der Waals surface area contributed by atoms with Gasteiger partial charge in [0.15, 0.2) is 0 Å². The molecule has 3 aromatic rings. The van der Waals surface area contributed by atoms with E-state index in [9.17, 15) is 0 Å². The molecule has 3 rings (SSSR count). The second-order valence-corrected chi connectivity index (χ2v) is 6.48. The normalized spacial score (nSPS) is 10.4. The molecule has 0 aromatic heterocycles. The third-order valence-electron chi connectivity index (χ3n) is 3.99. The summed E-state index contributed by atoms with van der Waals surface area (Å²) in [5.41, 5.74) is 4.79. The maximum Gasteiger partial charge on any atom is 0.142 e. The van der Waals surface area contributed by atoms with E-state index in [-0.39, 0.29) is 0 Å². The first-order chi connectivity index (χ1) is 12.1. The first kappa shape index (κ1) is 17.5. The van der Waals surface area contributed by atoms with Crippen LogP contribution in [-0.4, -0.2) is 12.0 Å². The van der Waals surface area contributed by atoms with E-state index >= 15 is 0 Å². The molecule has 0 fully saturated rings. The van der Waals surface area contributed by atoms with Crippen LogP contribution in [-0.2, 0) is 0 Å². The predicted molar refractivity (Wildman–Crippen MR) is 110 cm³/mol. The Morgan fingerprint density at radius 2 is 1.68 bits per heavy atom. The van der Waals surface area contributed by atoms with Gasteiger partial charge in [-0.05, 0) is 48.4 Å². The van der Waals surface area contributed by atoms with Crippen molar-refractivity contribution in [3.8, 4) is 5.75 Å². The van der Waals surface area contributed by atoms with E-state index in [0.29, 0.717) is 5.02 Å². The number of thiocarbonyl (C=S) groups is 1. The molecule has 0 radical (unpaired) electrons. The number of aryl methyl sites for hydroxylation is 1. The van der Waals surface area contributed by atoms with Crippen molar-refractivity contribution in [2.45, 2.75) is 6.92 Å². The zero-order valence-corrected chi connectivity index (χ0v) is 15.6. The lowest BCUT2D eigenvalue weighted by Crippen LogP contribution is -2.03. The van der Waals surface area contributed by atoms with Gasteiger partial charge in [-0.15, -0.1) is 0 Å². The third-order valence-corrected chi connectivity index (χ3v) is 4.74. The molecule has 0 amide bonds. The Morgan fingerprint density at radius 1 is 0.960 bits per heavy atom. The fourth-order valence-corrected chi connectivity index (χ4v) is 3.39. The molecule has 0 bridgehead atoms. The van der Waals surface area contributed by atoms with E-state index in [4.69, 9.17) is 28.6 Å². The number of para-hydroxylation sites is 2. The highest BCUT2D eigenvalue weighted by molar-refractivity contribution is 7.81. The number of hydrogen-bond donors (Lipinski definition) is 1. The molecule has 0 unspecified atom stereocenters. The van der Waals surface area contributed by atoms with Gasteiger partial charge < -0.3 is 10.1 Å². The lowest BCUT2D eigenvalue weighted by atomic mass is 10.00. The second-order valence-electron chi connectivity index (χ2n) is 5.66. The van der Waals surface area contributed by atoms with Crippen LogP contribution >= 0.6 is 23.8 Å². The van der Waals surface area contributed by atoms with Crippen molar-refractivity contribution in [2.75, 3.05) is 12.4 Å². The maximum atomic E-state index is 6.51. The van der Waals surface area contributed by atoms with E-state index in [0.717, 1.165) is 38.7 Å². The first-order valence-corrected chi connectivity index (χ1v) is 8.68. The summed E-state index contributed by atoms with van der Waals surface area (Å²) in [6.07, 6.45) is 0. The fourth-order valence-electron chi connectivity index (χ4n) is 2.65. The van der Waals surface area contributed by atoms with Crippen LogP contribution in [0.25, 0.3) is 0 Å². The molecular weight excluding hydrogens is 350 g/mol. The van der Waals surface area contributed by atoms with E-state index in [1.54, 1.807) is 7.11 Å². The van der Waals surface area contributed by atoms with Crippen LogP contribution in [0.15, 0.2) is 66.7 Å². The van der Waals surface area contributed by atoms with Gasteiger partial charge in [0.25, 0.3) is 0 Å². The minimum atomic E-state index is 0.619. The quantitative estimate of drug-likeness (QED) is 0.430. The van der Waals surface area contributed by atoms with Crippen molar-refractivity contribution >= 4 is 40.1 Å². The summed E-state index contributed by atoms with van der Waals surface area (Å²) in [5.74, 6) is 0.776. The van der Waals surface area contributed by atoms with Crippen LogP contribution in [0.4, 0.5) is 11.4 Å². The minimum absolute atomic E-state index is 0.619. The second kappa shape index (κ2) is 7.68. The number of rotatable bonds is 5. The highest BCUT2D eigenvalue weighted by atomic mass is 35.5. The Balaban J connectivity index is 1.89. The van der Waals surface area contributed by atoms with Gasteiger partial charge >= 0.3 is 0 Å². The average Bonchev–Trinajstić information content (AvgIpc) is 2.62. The molecule has 0 heterocycles. The van der Waals surface area contributed by atoms with Crippen molar-refractivity contribution in [1.82, 2.24) is 0 Å². The zero-order valence-electron chi connectivity index (χ0n) is 14.0. The van der Waals surface area contributed by atoms with Crippen LogP contribution in [0.1, 0.15) is 16.7 Å². The number of methoxy groups -OCH3 is 1. The smallest absolute Gasteiger partial charge is 0.142 e. The monoisotopic (exact) mass is 367 g/mol. The molecule has 2 nitrogen and oxygen atoms in total. The SMILES string of the molecule is COc1ccccc1Nc1ccc(C(=S)c2ccccc2C)c(Cl)c1.